The van der Waals surface area contributed by atoms with Gasteiger partial charge in [-0.3, -0.25) is 4.79 Å². The third kappa shape index (κ3) is 4.65. The highest BCUT2D eigenvalue weighted by Crippen LogP contribution is 2.28. The Kier molecular flexibility index (Phi) is 5.79. The quantitative estimate of drug-likeness (QED) is 0.839. The van der Waals surface area contributed by atoms with Crippen molar-refractivity contribution < 1.29 is 19.0 Å². The van der Waals surface area contributed by atoms with Crippen molar-refractivity contribution in [1.29, 1.82) is 0 Å². The number of benzene rings is 2. The van der Waals surface area contributed by atoms with Gasteiger partial charge >= 0.3 is 0 Å². The lowest BCUT2D eigenvalue weighted by atomic mass is 10.2. The molecule has 1 aliphatic heterocycles. The maximum atomic E-state index is 12.4. The Balaban J connectivity index is 1.61. The van der Waals surface area contributed by atoms with E-state index < -0.39 is 0 Å². The predicted octanol–water partition coefficient (Wildman–Crippen LogP) is 4.16. The number of halogens is 1. The molecule has 0 unspecified atom stereocenters. The van der Waals surface area contributed by atoms with Gasteiger partial charge in [0.05, 0.1) is 18.9 Å². The first-order valence-electron chi connectivity index (χ1n) is 8.15. The van der Waals surface area contributed by atoms with Crippen LogP contribution in [-0.2, 0) is 4.74 Å². The molecular formula is C19H20ClNO4. The molecule has 0 saturated carbocycles. The number of carbonyl (C=O) groups excluding carboxylic acids is 1. The summed E-state index contributed by atoms with van der Waals surface area (Å²) < 4.78 is 16.5. The van der Waals surface area contributed by atoms with Crippen molar-refractivity contribution in [2.75, 3.05) is 25.6 Å². The molecule has 1 atom stereocenters. The molecule has 3 rings (SSSR count). The van der Waals surface area contributed by atoms with Crippen LogP contribution < -0.4 is 14.8 Å². The molecule has 2 aromatic rings. The lowest BCUT2D eigenvalue weighted by Crippen LogP contribution is -2.16. The molecule has 0 aromatic heterocycles. The fourth-order valence-electron chi connectivity index (χ4n) is 2.64. The average Bonchev–Trinajstić information content (AvgIpc) is 3.14. The van der Waals surface area contributed by atoms with Crippen molar-refractivity contribution in [2.45, 2.75) is 18.9 Å². The average molecular weight is 362 g/mol. The molecule has 1 amide bonds. The number of nitrogens with one attached hydrogen (secondary N) is 1. The van der Waals surface area contributed by atoms with E-state index in [1.807, 2.05) is 0 Å². The summed E-state index contributed by atoms with van der Waals surface area (Å²) in [7, 11) is 1.54. The molecule has 0 spiro atoms. The third-order valence-corrected chi connectivity index (χ3v) is 4.22. The summed E-state index contributed by atoms with van der Waals surface area (Å²) in [4.78, 5) is 12.4. The van der Waals surface area contributed by atoms with E-state index in [0.29, 0.717) is 34.4 Å². The van der Waals surface area contributed by atoms with Gasteiger partial charge in [0.25, 0.3) is 5.91 Å². The summed E-state index contributed by atoms with van der Waals surface area (Å²) in [5.74, 6) is 1.02. The molecular weight excluding hydrogens is 342 g/mol. The Morgan fingerprint density at radius 1 is 1.28 bits per heavy atom. The summed E-state index contributed by atoms with van der Waals surface area (Å²) in [6.45, 7) is 1.34. The number of hydrogen-bond donors (Lipinski definition) is 1. The molecule has 0 bridgehead atoms. The minimum Gasteiger partial charge on any atom is -0.495 e. The highest BCUT2D eigenvalue weighted by molar-refractivity contribution is 6.31. The first-order valence-corrected chi connectivity index (χ1v) is 8.53. The van der Waals surface area contributed by atoms with E-state index in [4.69, 9.17) is 25.8 Å². The number of anilines is 1. The lowest BCUT2D eigenvalue weighted by Gasteiger charge is -2.12. The van der Waals surface area contributed by atoms with Crippen molar-refractivity contribution in [3.05, 3.63) is 53.1 Å². The minimum absolute atomic E-state index is 0.165. The van der Waals surface area contributed by atoms with Gasteiger partial charge in [0.1, 0.15) is 18.1 Å². The van der Waals surface area contributed by atoms with Gasteiger partial charge in [0, 0.05) is 17.2 Å². The zero-order valence-electron chi connectivity index (χ0n) is 14.0. The third-order valence-electron chi connectivity index (χ3n) is 3.99. The molecule has 5 nitrogen and oxygen atoms in total. The first-order chi connectivity index (χ1) is 12.2. The van der Waals surface area contributed by atoms with Crippen LogP contribution in [0.1, 0.15) is 23.2 Å². The van der Waals surface area contributed by atoms with Crippen LogP contribution in [-0.4, -0.2) is 32.3 Å². The monoisotopic (exact) mass is 361 g/mol. The fraction of sp³-hybridized carbons (Fsp3) is 0.316. The molecule has 0 radical (unpaired) electrons. The highest BCUT2D eigenvalue weighted by atomic mass is 35.5. The van der Waals surface area contributed by atoms with Crippen molar-refractivity contribution >= 4 is 23.2 Å². The number of hydrogen-bond acceptors (Lipinski definition) is 4. The van der Waals surface area contributed by atoms with Crippen LogP contribution in [0, 0.1) is 0 Å². The van der Waals surface area contributed by atoms with Crippen LogP contribution in [0.15, 0.2) is 42.5 Å². The van der Waals surface area contributed by atoms with Crippen molar-refractivity contribution in [1.82, 2.24) is 0 Å². The molecule has 0 aliphatic carbocycles. The summed E-state index contributed by atoms with van der Waals surface area (Å²) in [5.41, 5.74) is 1.05. The van der Waals surface area contributed by atoms with Crippen LogP contribution in [0.2, 0.25) is 5.02 Å². The van der Waals surface area contributed by atoms with Gasteiger partial charge in [-0.2, -0.15) is 0 Å². The van der Waals surface area contributed by atoms with E-state index in [9.17, 15) is 4.79 Å². The second-order valence-electron chi connectivity index (χ2n) is 5.77. The van der Waals surface area contributed by atoms with Crippen molar-refractivity contribution in [3.63, 3.8) is 0 Å². The Morgan fingerprint density at radius 3 is 2.76 bits per heavy atom. The number of ether oxygens (including phenoxy) is 3. The maximum absolute atomic E-state index is 12.4. The van der Waals surface area contributed by atoms with Crippen LogP contribution >= 0.6 is 11.6 Å². The van der Waals surface area contributed by atoms with Crippen LogP contribution in [0.25, 0.3) is 0 Å². The molecule has 1 saturated heterocycles. The highest BCUT2D eigenvalue weighted by Gasteiger charge is 2.16. The molecule has 1 heterocycles. The molecule has 1 aliphatic rings. The molecule has 25 heavy (non-hydrogen) atoms. The Bertz CT molecular complexity index is 727. The van der Waals surface area contributed by atoms with Crippen molar-refractivity contribution in [2.24, 2.45) is 0 Å². The van der Waals surface area contributed by atoms with Gasteiger partial charge in [-0.05, 0) is 55.3 Å². The van der Waals surface area contributed by atoms with E-state index >= 15 is 0 Å². The molecule has 1 fully saturated rings. The zero-order valence-corrected chi connectivity index (χ0v) is 14.7. The molecule has 1 N–H and O–H groups in total. The SMILES string of the molecule is COc1ccc(Cl)cc1NC(=O)c1ccc(OC[C@H]2CCCO2)cc1. The van der Waals surface area contributed by atoms with Gasteiger partial charge in [-0.1, -0.05) is 11.6 Å². The van der Waals surface area contributed by atoms with E-state index in [1.54, 1.807) is 49.6 Å². The summed E-state index contributed by atoms with van der Waals surface area (Å²) in [6, 6.07) is 12.1. The van der Waals surface area contributed by atoms with Crippen LogP contribution in [0.3, 0.4) is 0 Å². The summed E-state index contributed by atoms with van der Waals surface area (Å²) >= 11 is 5.98. The Hall–Kier alpha value is -2.24. The molecule has 2 aromatic carbocycles. The number of rotatable bonds is 6. The van der Waals surface area contributed by atoms with Crippen LogP contribution in [0.5, 0.6) is 11.5 Å². The van der Waals surface area contributed by atoms with Gasteiger partial charge in [0.15, 0.2) is 0 Å². The standard InChI is InChI=1S/C19H20ClNO4/c1-23-18-9-6-14(20)11-17(18)21-19(22)13-4-7-15(8-5-13)25-12-16-3-2-10-24-16/h4-9,11,16H,2-3,10,12H2,1H3,(H,21,22)/t16-/m1/s1. The van der Waals surface area contributed by atoms with E-state index in [0.717, 1.165) is 19.4 Å². The van der Waals surface area contributed by atoms with Crippen LogP contribution in [0.4, 0.5) is 5.69 Å². The molecule has 132 valence electrons. The van der Waals surface area contributed by atoms with Gasteiger partial charge in [-0.25, -0.2) is 0 Å². The van der Waals surface area contributed by atoms with Crippen molar-refractivity contribution in [3.8, 4) is 11.5 Å². The van der Waals surface area contributed by atoms with E-state index in [-0.39, 0.29) is 12.0 Å². The van der Waals surface area contributed by atoms with E-state index in [1.165, 1.54) is 0 Å². The van der Waals surface area contributed by atoms with Gasteiger partial charge < -0.3 is 19.5 Å². The maximum Gasteiger partial charge on any atom is 0.255 e. The van der Waals surface area contributed by atoms with E-state index in [2.05, 4.69) is 5.32 Å². The second kappa shape index (κ2) is 8.23. The largest absolute Gasteiger partial charge is 0.495 e. The topological polar surface area (TPSA) is 56.8 Å². The predicted molar refractivity (Wildman–Crippen MR) is 96.9 cm³/mol. The van der Waals surface area contributed by atoms with Gasteiger partial charge in [0.2, 0.25) is 0 Å². The normalized spacial score (nSPS) is 16.5. The molecule has 6 heteroatoms. The summed E-state index contributed by atoms with van der Waals surface area (Å²) in [5, 5.41) is 3.33. The number of amides is 1. The zero-order chi connectivity index (χ0) is 17.6. The summed E-state index contributed by atoms with van der Waals surface area (Å²) in [6.07, 6.45) is 2.28. The second-order valence-corrected chi connectivity index (χ2v) is 6.21. The Labute approximate surface area is 151 Å². The fourth-order valence-corrected chi connectivity index (χ4v) is 2.81. The minimum atomic E-state index is -0.244. The lowest BCUT2D eigenvalue weighted by molar-refractivity contribution is 0.0679. The number of methoxy groups -OCH3 is 1. The first kappa shape index (κ1) is 17.6. The Morgan fingerprint density at radius 2 is 2.08 bits per heavy atom. The smallest absolute Gasteiger partial charge is 0.255 e. The number of carbonyl (C=O) groups is 1. The van der Waals surface area contributed by atoms with Gasteiger partial charge in [-0.15, -0.1) is 0 Å².